The van der Waals surface area contributed by atoms with Crippen molar-refractivity contribution in [1.82, 2.24) is 25.4 Å². The summed E-state index contributed by atoms with van der Waals surface area (Å²) >= 11 is 0. The average molecular weight is 413 g/mol. The third-order valence-corrected chi connectivity index (χ3v) is 6.74. The number of nitrogens with one attached hydrogen (secondary N) is 3. The van der Waals surface area contributed by atoms with Gasteiger partial charge in [0, 0.05) is 54.7 Å². The number of hydrogen-bond donors (Lipinski definition) is 3. The van der Waals surface area contributed by atoms with Crippen LogP contribution in [0.1, 0.15) is 12.0 Å². The van der Waals surface area contributed by atoms with Gasteiger partial charge >= 0.3 is 0 Å². The van der Waals surface area contributed by atoms with Crippen molar-refractivity contribution >= 4 is 33.1 Å². The third kappa shape index (κ3) is 3.32. The minimum atomic E-state index is 0.947. The smallest absolute Gasteiger partial charge is 0.116 e. The zero-order valence-electron chi connectivity index (χ0n) is 17.9. The van der Waals surface area contributed by atoms with Crippen molar-refractivity contribution in [2.75, 3.05) is 51.2 Å². The number of fused-ring (bicyclic) bond motifs is 2. The van der Waals surface area contributed by atoms with Crippen LogP contribution in [0.2, 0.25) is 0 Å². The average Bonchev–Trinajstić information content (AvgIpc) is 3.43. The van der Waals surface area contributed by atoms with Crippen LogP contribution in [0.3, 0.4) is 0 Å². The molecule has 3 N–H and O–H groups in total. The van der Waals surface area contributed by atoms with Gasteiger partial charge in [0.05, 0.1) is 11.2 Å². The Morgan fingerprint density at radius 2 is 1.84 bits per heavy atom. The topological polar surface area (TPSA) is 63.0 Å². The molecular weight excluding hydrogens is 384 g/mol. The maximum atomic E-state index is 4.69. The molecule has 0 spiro atoms. The molecule has 0 bridgehead atoms. The molecule has 0 radical (unpaired) electrons. The van der Waals surface area contributed by atoms with Crippen LogP contribution < -0.4 is 10.2 Å². The van der Waals surface area contributed by atoms with Crippen LogP contribution in [0.5, 0.6) is 0 Å². The second-order valence-corrected chi connectivity index (χ2v) is 8.73. The highest BCUT2D eigenvalue weighted by molar-refractivity contribution is 6.00. The predicted octanol–water partition coefficient (Wildman–Crippen LogP) is 3.84. The number of hydrogen-bond acceptors (Lipinski definition) is 4. The van der Waals surface area contributed by atoms with E-state index in [1.54, 1.807) is 0 Å². The van der Waals surface area contributed by atoms with Crippen molar-refractivity contribution in [3.05, 3.63) is 54.1 Å². The molecule has 1 fully saturated rings. The molecule has 2 aromatic heterocycles. The molecule has 6 heteroatoms. The fraction of sp³-hybridized carbons (Fsp3) is 0.320. The fourth-order valence-corrected chi connectivity index (χ4v) is 4.89. The van der Waals surface area contributed by atoms with Gasteiger partial charge in [-0.05, 0) is 61.5 Å². The molecule has 0 atom stereocenters. The highest BCUT2D eigenvalue weighted by Gasteiger charge is 2.19. The molecule has 0 aliphatic carbocycles. The fourth-order valence-electron chi connectivity index (χ4n) is 4.89. The zero-order chi connectivity index (χ0) is 20.8. The molecule has 2 aliphatic rings. The summed E-state index contributed by atoms with van der Waals surface area (Å²) in [6, 6.07) is 15.5. The summed E-state index contributed by atoms with van der Waals surface area (Å²) in [5.74, 6) is 0. The van der Waals surface area contributed by atoms with E-state index >= 15 is 0 Å². The van der Waals surface area contributed by atoms with E-state index in [9.17, 15) is 0 Å². The number of aromatic nitrogens is 3. The summed E-state index contributed by atoms with van der Waals surface area (Å²) in [4.78, 5) is 8.53. The van der Waals surface area contributed by atoms with E-state index in [0.29, 0.717) is 0 Å². The monoisotopic (exact) mass is 412 g/mol. The van der Waals surface area contributed by atoms with Gasteiger partial charge in [-0.15, -0.1) is 0 Å². The molecule has 6 nitrogen and oxygen atoms in total. The van der Waals surface area contributed by atoms with Gasteiger partial charge in [0.1, 0.15) is 5.69 Å². The van der Waals surface area contributed by atoms with Gasteiger partial charge in [0.15, 0.2) is 0 Å². The number of aromatic amines is 2. The van der Waals surface area contributed by atoms with Crippen LogP contribution in [-0.4, -0.2) is 66.4 Å². The first kappa shape index (κ1) is 18.7. The van der Waals surface area contributed by atoms with Crippen molar-refractivity contribution in [1.29, 1.82) is 0 Å². The first-order valence-electron chi connectivity index (χ1n) is 11.2. The molecule has 158 valence electrons. The minimum absolute atomic E-state index is 0.947. The number of likely N-dealkylation sites (N-methyl/N-ethyl adjacent to an activating group) is 1. The molecule has 4 aromatic rings. The molecule has 2 aromatic carbocycles. The predicted molar refractivity (Wildman–Crippen MR) is 129 cm³/mol. The summed E-state index contributed by atoms with van der Waals surface area (Å²) in [6.45, 7) is 6.32. The van der Waals surface area contributed by atoms with Gasteiger partial charge in [0.25, 0.3) is 0 Å². The number of anilines is 1. The Labute approximate surface area is 181 Å². The van der Waals surface area contributed by atoms with Gasteiger partial charge in [0.2, 0.25) is 0 Å². The lowest BCUT2D eigenvalue weighted by atomic mass is 9.98. The highest BCUT2D eigenvalue weighted by Crippen LogP contribution is 2.35. The lowest BCUT2D eigenvalue weighted by molar-refractivity contribution is 0.313. The first-order chi connectivity index (χ1) is 15.3. The van der Waals surface area contributed by atoms with E-state index in [1.807, 2.05) is 0 Å². The van der Waals surface area contributed by atoms with Gasteiger partial charge in [-0.25, -0.2) is 0 Å². The summed E-state index contributed by atoms with van der Waals surface area (Å²) < 4.78 is 0. The van der Waals surface area contributed by atoms with Crippen molar-refractivity contribution in [3.63, 3.8) is 0 Å². The van der Waals surface area contributed by atoms with Crippen molar-refractivity contribution in [3.8, 4) is 11.4 Å². The van der Waals surface area contributed by atoms with Crippen LogP contribution >= 0.6 is 0 Å². The van der Waals surface area contributed by atoms with Crippen LogP contribution in [0.4, 0.5) is 5.69 Å². The Morgan fingerprint density at radius 1 is 0.935 bits per heavy atom. The maximum Gasteiger partial charge on any atom is 0.116 e. The van der Waals surface area contributed by atoms with Crippen LogP contribution in [-0.2, 0) is 0 Å². The number of rotatable bonds is 3. The molecule has 0 unspecified atom stereocenters. The summed E-state index contributed by atoms with van der Waals surface area (Å²) in [5, 5.41) is 13.8. The van der Waals surface area contributed by atoms with E-state index < -0.39 is 0 Å². The normalized spacial score (nSPS) is 18.1. The van der Waals surface area contributed by atoms with Gasteiger partial charge in [-0.2, -0.15) is 5.10 Å². The standard InChI is InChI=1S/C25H28N6/c1-30-11-13-31(14-12-30)24-4-2-3-21-19(24)16-23(27-21)25-20-15-18(5-6-22(20)28-29-25)17-7-9-26-10-8-17/h2-7,15-16,26-27H,8-14H2,1H3,(H,28,29). The van der Waals surface area contributed by atoms with Crippen molar-refractivity contribution in [2.24, 2.45) is 0 Å². The molecule has 0 saturated carbocycles. The third-order valence-electron chi connectivity index (χ3n) is 6.74. The van der Waals surface area contributed by atoms with Crippen LogP contribution in [0, 0.1) is 0 Å². The summed E-state index contributed by atoms with van der Waals surface area (Å²) in [7, 11) is 2.20. The van der Waals surface area contributed by atoms with Gasteiger partial charge < -0.3 is 20.1 Å². The van der Waals surface area contributed by atoms with E-state index in [-0.39, 0.29) is 0 Å². The van der Waals surface area contributed by atoms with E-state index in [2.05, 4.69) is 80.8 Å². The lowest BCUT2D eigenvalue weighted by Gasteiger charge is -2.34. The summed E-state index contributed by atoms with van der Waals surface area (Å²) in [5.41, 5.74) is 8.33. The number of H-pyrrole nitrogens is 2. The molecule has 2 aliphatic heterocycles. The first-order valence-corrected chi connectivity index (χ1v) is 11.2. The SMILES string of the molecule is CN1CCN(c2cccc3[nH]c(-c4n[nH]c5ccc(C6=CCNCC6)cc45)cc23)CC1. The molecule has 6 rings (SSSR count). The Kier molecular flexibility index (Phi) is 4.55. The summed E-state index contributed by atoms with van der Waals surface area (Å²) in [6.07, 6.45) is 3.37. The maximum absolute atomic E-state index is 4.69. The molecule has 4 heterocycles. The van der Waals surface area contributed by atoms with E-state index in [0.717, 1.165) is 62.6 Å². The second kappa shape index (κ2) is 7.55. The lowest BCUT2D eigenvalue weighted by Crippen LogP contribution is -2.44. The minimum Gasteiger partial charge on any atom is -0.368 e. The second-order valence-electron chi connectivity index (χ2n) is 8.73. The van der Waals surface area contributed by atoms with E-state index in [4.69, 9.17) is 5.10 Å². The Hall–Kier alpha value is -3.09. The highest BCUT2D eigenvalue weighted by atomic mass is 15.2. The Balaban J connectivity index is 1.42. The quantitative estimate of drug-likeness (QED) is 0.478. The van der Waals surface area contributed by atoms with E-state index in [1.165, 1.54) is 33.1 Å². The Bertz CT molecular complexity index is 1270. The molecule has 1 saturated heterocycles. The zero-order valence-corrected chi connectivity index (χ0v) is 17.9. The molecule has 31 heavy (non-hydrogen) atoms. The molecule has 0 amide bonds. The van der Waals surface area contributed by atoms with Crippen LogP contribution in [0.25, 0.3) is 38.8 Å². The van der Waals surface area contributed by atoms with Crippen molar-refractivity contribution < 1.29 is 0 Å². The molecular formula is C25H28N6. The number of piperazine rings is 1. The van der Waals surface area contributed by atoms with Gasteiger partial charge in [-0.3, -0.25) is 5.10 Å². The number of nitrogens with zero attached hydrogens (tertiary/aromatic N) is 3. The van der Waals surface area contributed by atoms with Crippen molar-refractivity contribution in [2.45, 2.75) is 6.42 Å². The van der Waals surface area contributed by atoms with Gasteiger partial charge in [-0.1, -0.05) is 18.2 Å². The van der Waals surface area contributed by atoms with Crippen LogP contribution in [0.15, 0.2) is 48.5 Å². The largest absolute Gasteiger partial charge is 0.368 e. The Morgan fingerprint density at radius 3 is 2.68 bits per heavy atom. The number of benzene rings is 2.